The summed E-state index contributed by atoms with van der Waals surface area (Å²) in [5.74, 6) is 0.0167. The summed E-state index contributed by atoms with van der Waals surface area (Å²) in [6.45, 7) is 3.98. The van der Waals surface area contributed by atoms with Gasteiger partial charge >= 0.3 is 5.69 Å². The minimum atomic E-state index is -0.683. The van der Waals surface area contributed by atoms with E-state index in [1.54, 1.807) is 0 Å². The van der Waals surface area contributed by atoms with Crippen LogP contribution >= 0.6 is 0 Å². The smallest absolute Gasteiger partial charge is 0.299 e. The number of Topliss-reactive ketones (excluding diaryl/α,β-unsaturated/α-hetero) is 1. The van der Waals surface area contributed by atoms with Crippen molar-refractivity contribution in [2.45, 2.75) is 33.1 Å². The van der Waals surface area contributed by atoms with Crippen LogP contribution in [0.2, 0.25) is 0 Å². The highest BCUT2D eigenvalue weighted by Crippen LogP contribution is 2.31. The second-order valence-corrected chi connectivity index (χ2v) is 5.38. The lowest BCUT2D eigenvalue weighted by molar-refractivity contribution is -0.120. The van der Waals surface area contributed by atoms with Gasteiger partial charge in [0.05, 0.1) is 0 Å². The molecule has 8 nitrogen and oxygen atoms in total. The summed E-state index contributed by atoms with van der Waals surface area (Å²) < 4.78 is 0. The van der Waals surface area contributed by atoms with E-state index >= 15 is 0 Å². The number of anilines is 1. The molecule has 0 atom stereocenters. The van der Waals surface area contributed by atoms with E-state index < -0.39 is 11.2 Å². The van der Waals surface area contributed by atoms with Crippen LogP contribution in [0.5, 0.6) is 0 Å². The van der Waals surface area contributed by atoms with Crippen LogP contribution < -0.4 is 16.7 Å². The maximum atomic E-state index is 11.6. The molecule has 0 unspecified atom stereocenters. The molecule has 1 fully saturated rings. The Hall–Kier alpha value is -2.25. The second-order valence-electron chi connectivity index (χ2n) is 5.38. The average Bonchev–Trinajstić information content (AvgIpc) is 2.25. The first-order chi connectivity index (χ1) is 8.85. The zero-order chi connectivity index (χ0) is 14.0. The minimum Gasteiger partial charge on any atom is -0.299 e. The Balaban J connectivity index is 2.16. The first kappa shape index (κ1) is 13.2. The van der Waals surface area contributed by atoms with Gasteiger partial charge in [0, 0.05) is 18.6 Å². The number of hydrogen-bond donors (Lipinski definition) is 3. The van der Waals surface area contributed by atoms with Gasteiger partial charge in [0.1, 0.15) is 5.78 Å². The molecule has 1 aromatic heterocycles. The predicted octanol–water partition coefficient (Wildman–Crippen LogP) is 0.00530. The van der Waals surface area contributed by atoms with E-state index in [2.05, 4.69) is 20.7 Å². The molecule has 0 aliphatic heterocycles. The number of carbonyl (C=O) groups excluding carboxylic acids is 1. The molecule has 1 saturated carbocycles. The molecule has 19 heavy (non-hydrogen) atoms. The van der Waals surface area contributed by atoms with E-state index in [-0.39, 0.29) is 23.4 Å². The lowest BCUT2D eigenvalue weighted by atomic mass is 9.76. The maximum absolute atomic E-state index is 11.6. The van der Waals surface area contributed by atoms with Crippen molar-refractivity contribution in [1.82, 2.24) is 15.2 Å². The maximum Gasteiger partial charge on any atom is 0.342 e. The van der Waals surface area contributed by atoms with Crippen molar-refractivity contribution in [2.24, 2.45) is 10.5 Å². The van der Waals surface area contributed by atoms with E-state index in [4.69, 9.17) is 0 Å². The van der Waals surface area contributed by atoms with Crippen molar-refractivity contribution in [3.8, 4) is 0 Å². The Bertz CT molecular complexity index is 640. The largest absolute Gasteiger partial charge is 0.342 e. The standard InChI is InChI=1S/C11H15N5O3/c1-11(2)4-6(3-7(17)5-11)13-14-8-9(18)12-10(19)16-15-8/h3-5H2,1-2H3,(H,14,15)(H2,12,16,18,19)/b13-6+. The third kappa shape index (κ3) is 3.36. The van der Waals surface area contributed by atoms with Crippen molar-refractivity contribution in [3.63, 3.8) is 0 Å². The first-order valence-corrected chi connectivity index (χ1v) is 5.88. The molecular weight excluding hydrogens is 250 g/mol. The molecule has 0 spiro atoms. The minimum absolute atomic E-state index is 0.108. The third-order valence-corrected chi connectivity index (χ3v) is 2.79. The highest BCUT2D eigenvalue weighted by atomic mass is 16.2. The molecule has 1 aromatic rings. The number of aromatic nitrogens is 3. The van der Waals surface area contributed by atoms with Gasteiger partial charge in [0.15, 0.2) is 0 Å². The molecule has 8 heteroatoms. The van der Waals surface area contributed by atoms with Crippen LogP contribution in [-0.2, 0) is 4.79 Å². The number of ketones is 1. The molecule has 1 heterocycles. The molecule has 1 aliphatic carbocycles. The number of nitrogens with zero attached hydrogens (tertiary/aromatic N) is 2. The first-order valence-electron chi connectivity index (χ1n) is 5.88. The third-order valence-electron chi connectivity index (χ3n) is 2.79. The van der Waals surface area contributed by atoms with E-state index in [1.165, 1.54) is 0 Å². The quantitative estimate of drug-likeness (QED) is 0.650. The van der Waals surface area contributed by atoms with Gasteiger partial charge in [-0.2, -0.15) is 5.10 Å². The Morgan fingerprint density at radius 3 is 2.63 bits per heavy atom. The fourth-order valence-electron chi connectivity index (χ4n) is 2.14. The normalized spacial score (nSPS) is 20.5. The lowest BCUT2D eigenvalue weighted by Gasteiger charge is -2.28. The fraction of sp³-hybridized carbons (Fsp3) is 0.545. The number of rotatable bonds is 2. The molecule has 1 aliphatic rings. The fourth-order valence-corrected chi connectivity index (χ4v) is 2.14. The van der Waals surface area contributed by atoms with E-state index in [0.717, 1.165) is 0 Å². The predicted molar refractivity (Wildman–Crippen MR) is 69.2 cm³/mol. The molecule has 2 rings (SSSR count). The van der Waals surface area contributed by atoms with Crippen molar-refractivity contribution in [1.29, 1.82) is 0 Å². The van der Waals surface area contributed by atoms with Gasteiger partial charge in [-0.15, -0.1) is 5.10 Å². The van der Waals surface area contributed by atoms with Gasteiger partial charge < -0.3 is 0 Å². The topological polar surface area (TPSA) is 120 Å². The summed E-state index contributed by atoms with van der Waals surface area (Å²) in [7, 11) is 0. The van der Waals surface area contributed by atoms with Crippen molar-refractivity contribution < 1.29 is 4.79 Å². The zero-order valence-electron chi connectivity index (χ0n) is 10.7. The second kappa shape index (κ2) is 4.79. The zero-order valence-corrected chi connectivity index (χ0v) is 10.7. The average molecular weight is 265 g/mol. The number of hydrazone groups is 1. The SMILES string of the molecule is CC1(C)CC(=O)C/C(=N\Nc2n[nH]c(=O)[nH]c2=O)C1. The van der Waals surface area contributed by atoms with Gasteiger partial charge in [-0.3, -0.25) is 20.0 Å². The molecule has 0 radical (unpaired) electrons. The van der Waals surface area contributed by atoms with Crippen LogP contribution in [0.25, 0.3) is 0 Å². The van der Waals surface area contributed by atoms with E-state index in [1.807, 2.05) is 18.8 Å². The summed E-state index contributed by atoms with van der Waals surface area (Å²) in [4.78, 5) is 35.8. The summed E-state index contributed by atoms with van der Waals surface area (Å²) in [6, 6.07) is 0. The van der Waals surface area contributed by atoms with Crippen LogP contribution in [0.3, 0.4) is 0 Å². The Morgan fingerprint density at radius 1 is 1.26 bits per heavy atom. The molecular formula is C11H15N5O3. The molecule has 0 bridgehead atoms. The van der Waals surface area contributed by atoms with Crippen LogP contribution in [0, 0.1) is 5.41 Å². The number of H-pyrrole nitrogens is 2. The van der Waals surface area contributed by atoms with E-state index in [9.17, 15) is 14.4 Å². The van der Waals surface area contributed by atoms with E-state index in [0.29, 0.717) is 18.6 Å². The molecule has 0 aromatic carbocycles. The van der Waals surface area contributed by atoms with Crippen LogP contribution in [0.1, 0.15) is 33.1 Å². The Kier molecular flexibility index (Phi) is 3.32. The Labute approximate surface area is 108 Å². The number of aromatic amines is 2. The number of nitrogens with one attached hydrogen (secondary N) is 3. The van der Waals surface area contributed by atoms with Gasteiger partial charge in [0.2, 0.25) is 5.82 Å². The highest BCUT2D eigenvalue weighted by molar-refractivity contribution is 6.04. The van der Waals surface area contributed by atoms with Crippen LogP contribution in [0.15, 0.2) is 14.7 Å². The van der Waals surface area contributed by atoms with Crippen LogP contribution in [0.4, 0.5) is 5.82 Å². The Morgan fingerprint density at radius 2 is 2.00 bits per heavy atom. The molecule has 0 amide bonds. The lowest BCUT2D eigenvalue weighted by Crippen LogP contribution is -2.30. The molecule has 0 saturated heterocycles. The van der Waals surface area contributed by atoms with Crippen molar-refractivity contribution in [3.05, 3.63) is 20.8 Å². The van der Waals surface area contributed by atoms with Crippen LogP contribution in [-0.4, -0.2) is 26.7 Å². The van der Waals surface area contributed by atoms with Gasteiger partial charge in [-0.25, -0.2) is 9.89 Å². The van der Waals surface area contributed by atoms with Crippen molar-refractivity contribution >= 4 is 17.3 Å². The summed E-state index contributed by atoms with van der Waals surface area (Å²) in [5.41, 5.74) is 1.69. The van der Waals surface area contributed by atoms with Gasteiger partial charge in [-0.05, 0) is 11.8 Å². The summed E-state index contributed by atoms with van der Waals surface area (Å²) in [6.07, 6.45) is 1.48. The highest BCUT2D eigenvalue weighted by Gasteiger charge is 2.30. The van der Waals surface area contributed by atoms with Crippen molar-refractivity contribution in [2.75, 3.05) is 5.43 Å². The van der Waals surface area contributed by atoms with Gasteiger partial charge in [-0.1, -0.05) is 13.8 Å². The summed E-state index contributed by atoms with van der Waals surface area (Å²) >= 11 is 0. The molecule has 102 valence electrons. The monoisotopic (exact) mass is 265 g/mol. The number of hydrogen-bond acceptors (Lipinski definition) is 6. The van der Waals surface area contributed by atoms with Gasteiger partial charge in [0.25, 0.3) is 5.56 Å². The molecule has 3 N–H and O–H groups in total. The summed E-state index contributed by atoms with van der Waals surface area (Å²) in [5, 5.41) is 9.66. The number of carbonyl (C=O) groups is 1.